The fourth-order valence-corrected chi connectivity index (χ4v) is 2.38. The van der Waals surface area contributed by atoms with Crippen molar-refractivity contribution >= 4 is 17.2 Å². The van der Waals surface area contributed by atoms with E-state index in [9.17, 15) is 5.11 Å². The molecule has 0 spiro atoms. The Balaban J connectivity index is 1.80. The molecule has 1 aromatic carbocycles. The molecule has 0 radical (unpaired) electrons. The summed E-state index contributed by atoms with van der Waals surface area (Å²) in [4.78, 5) is 2.46. The number of rotatable bonds is 8. The molecule has 1 aliphatic rings. The van der Waals surface area contributed by atoms with Gasteiger partial charge in [0.2, 0.25) is 0 Å². The third-order valence-electron chi connectivity index (χ3n) is 3.37. The van der Waals surface area contributed by atoms with E-state index in [1.807, 2.05) is 31.3 Å². The second-order valence-electron chi connectivity index (χ2n) is 5.49. The van der Waals surface area contributed by atoms with Gasteiger partial charge in [0, 0.05) is 13.1 Å². The summed E-state index contributed by atoms with van der Waals surface area (Å²) in [5.41, 5.74) is 6.35. The minimum atomic E-state index is -0.516. The Kier molecular flexibility index (Phi) is 5.34. The fraction of sp³-hybridized carbons (Fsp3) is 0.533. The SMILES string of the molecule is CN(CC(O)COc1ccccc1C(N)=S)CC1CC1. The van der Waals surface area contributed by atoms with Crippen LogP contribution in [0.3, 0.4) is 0 Å². The van der Waals surface area contributed by atoms with E-state index >= 15 is 0 Å². The summed E-state index contributed by atoms with van der Waals surface area (Å²) in [6.45, 7) is 1.92. The van der Waals surface area contributed by atoms with Crippen LogP contribution in [0, 0.1) is 5.92 Å². The van der Waals surface area contributed by atoms with E-state index in [1.54, 1.807) is 0 Å². The molecule has 1 atom stereocenters. The summed E-state index contributed by atoms with van der Waals surface area (Å²) in [5.74, 6) is 1.45. The Morgan fingerprint density at radius 2 is 2.20 bits per heavy atom. The van der Waals surface area contributed by atoms with Gasteiger partial charge in [-0.1, -0.05) is 24.4 Å². The van der Waals surface area contributed by atoms with E-state index in [2.05, 4.69) is 4.90 Å². The Hall–Kier alpha value is -1.17. The van der Waals surface area contributed by atoms with Crippen LogP contribution in [0.1, 0.15) is 18.4 Å². The van der Waals surface area contributed by atoms with Crippen LogP contribution in [0.4, 0.5) is 0 Å². The van der Waals surface area contributed by atoms with Gasteiger partial charge >= 0.3 is 0 Å². The van der Waals surface area contributed by atoms with Crippen LogP contribution in [0.25, 0.3) is 0 Å². The summed E-state index contributed by atoms with van der Waals surface area (Å²) in [5, 5.41) is 10.0. The van der Waals surface area contributed by atoms with Crippen molar-refractivity contribution in [1.82, 2.24) is 4.90 Å². The number of hydrogen-bond acceptors (Lipinski definition) is 4. The van der Waals surface area contributed by atoms with E-state index in [4.69, 9.17) is 22.7 Å². The highest BCUT2D eigenvalue weighted by molar-refractivity contribution is 7.80. The molecular weight excluding hydrogens is 272 g/mol. The molecule has 0 heterocycles. The van der Waals surface area contributed by atoms with Gasteiger partial charge < -0.3 is 20.5 Å². The molecule has 110 valence electrons. The molecule has 1 fully saturated rings. The zero-order valence-corrected chi connectivity index (χ0v) is 12.6. The van der Waals surface area contributed by atoms with Crippen molar-refractivity contribution in [3.05, 3.63) is 29.8 Å². The minimum absolute atomic E-state index is 0.245. The molecule has 1 aliphatic carbocycles. The molecule has 1 aromatic rings. The molecule has 1 saturated carbocycles. The van der Waals surface area contributed by atoms with Gasteiger partial charge in [-0.2, -0.15) is 0 Å². The highest BCUT2D eigenvalue weighted by atomic mass is 32.1. The van der Waals surface area contributed by atoms with Gasteiger partial charge in [-0.05, 0) is 37.9 Å². The van der Waals surface area contributed by atoms with Gasteiger partial charge in [0.25, 0.3) is 0 Å². The normalized spacial score (nSPS) is 16.1. The summed E-state index contributed by atoms with van der Waals surface area (Å²) >= 11 is 4.98. The molecule has 4 nitrogen and oxygen atoms in total. The Labute approximate surface area is 125 Å². The van der Waals surface area contributed by atoms with Gasteiger partial charge in [0.05, 0.1) is 5.56 Å². The number of para-hydroxylation sites is 1. The van der Waals surface area contributed by atoms with E-state index < -0.39 is 6.10 Å². The summed E-state index contributed by atoms with van der Waals surface area (Å²) in [6, 6.07) is 7.36. The second kappa shape index (κ2) is 7.02. The summed E-state index contributed by atoms with van der Waals surface area (Å²) in [6.07, 6.45) is 2.12. The van der Waals surface area contributed by atoms with Crippen molar-refractivity contribution in [1.29, 1.82) is 0 Å². The first-order valence-corrected chi connectivity index (χ1v) is 7.35. The predicted octanol–water partition coefficient (Wildman–Crippen LogP) is 1.40. The Bertz CT molecular complexity index is 463. The number of hydrogen-bond donors (Lipinski definition) is 2. The van der Waals surface area contributed by atoms with Gasteiger partial charge in [-0.3, -0.25) is 0 Å². The van der Waals surface area contributed by atoms with Crippen molar-refractivity contribution in [3.8, 4) is 5.75 Å². The highest BCUT2D eigenvalue weighted by Crippen LogP contribution is 2.29. The molecule has 0 bridgehead atoms. The van der Waals surface area contributed by atoms with E-state index in [0.717, 1.165) is 12.5 Å². The molecule has 5 heteroatoms. The lowest BCUT2D eigenvalue weighted by Gasteiger charge is -2.21. The number of benzene rings is 1. The van der Waals surface area contributed by atoms with Crippen LogP contribution in [0.5, 0.6) is 5.75 Å². The van der Waals surface area contributed by atoms with Crippen LogP contribution >= 0.6 is 12.2 Å². The number of thiocarbonyl (C=S) groups is 1. The summed E-state index contributed by atoms with van der Waals surface area (Å²) < 4.78 is 5.64. The smallest absolute Gasteiger partial charge is 0.129 e. The van der Waals surface area contributed by atoms with E-state index in [-0.39, 0.29) is 6.61 Å². The largest absolute Gasteiger partial charge is 0.490 e. The molecule has 1 unspecified atom stereocenters. The predicted molar refractivity (Wildman–Crippen MR) is 84.1 cm³/mol. The van der Waals surface area contributed by atoms with Crippen molar-refractivity contribution in [2.24, 2.45) is 11.7 Å². The van der Waals surface area contributed by atoms with E-state index in [0.29, 0.717) is 22.8 Å². The average molecular weight is 294 g/mol. The summed E-state index contributed by atoms with van der Waals surface area (Å²) in [7, 11) is 2.03. The number of likely N-dealkylation sites (N-methyl/N-ethyl adjacent to an activating group) is 1. The van der Waals surface area contributed by atoms with Crippen LogP contribution in [-0.4, -0.2) is 47.8 Å². The molecule has 0 amide bonds. The Morgan fingerprint density at radius 1 is 1.50 bits per heavy atom. The zero-order valence-electron chi connectivity index (χ0n) is 11.8. The number of aliphatic hydroxyl groups is 1. The molecular formula is C15H22N2O2S. The number of ether oxygens (including phenoxy) is 1. The van der Waals surface area contributed by atoms with Gasteiger partial charge in [0.15, 0.2) is 0 Å². The molecule has 0 aliphatic heterocycles. The lowest BCUT2D eigenvalue weighted by Crippen LogP contribution is -2.34. The number of nitrogens with two attached hydrogens (primary N) is 1. The monoisotopic (exact) mass is 294 g/mol. The zero-order chi connectivity index (χ0) is 14.5. The number of aliphatic hydroxyl groups excluding tert-OH is 1. The van der Waals surface area contributed by atoms with Gasteiger partial charge in [0.1, 0.15) is 23.4 Å². The fourth-order valence-electron chi connectivity index (χ4n) is 2.21. The van der Waals surface area contributed by atoms with Crippen LogP contribution < -0.4 is 10.5 Å². The van der Waals surface area contributed by atoms with Crippen molar-refractivity contribution in [2.75, 3.05) is 26.7 Å². The van der Waals surface area contributed by atoms with Crippen LogP contribution in [0.15, 0.2) is 24.3 Å². The van der Waals surface area contributed by atoms with Crippen LogP contribution in [0.2, 0.25) is 0 Å². The third-order valence-corrected chi connectivity index (χ3v) is 3.59. The number of nitrogens with zero attached hydrogens (tertiary/aromatic N) is 1. The van der Waals surface area contributed by atoms with Gasteiger partial charge in [-0.15, -0.1) is 0 Å². The molecule has 0 aromatic heterocycles. The molecule has 0 saturated heterocycles. The maximum atomic E-state index is 10.0. The molecule has 3 N–H and O–H groups in total. The first kappa shape index (κ1) is 15.2. The maximum Gasteiger partial charge on any atom is 0.129 e. The first-order chi connectivity index (χ1) is 9.56. The van der Waals surface area contributed by atoms with Crippen molar-refractivity contribution < 1.29 is 9.84 Å². The minimum Gasteiger partial charge on any atom is -0.490 e. The maximum absolute atomic E-state index is 10.0. The Morgan fingerprint density at radius 3 is 2.85 bits per heavy atom. The van der Waals surface area contributed by atoms with Crippen molar-refractivity contribution in [3.63, 3.8) is 0 Å². The lowest BCUT2D eigenvalue weighted by molar-refractivity contribution is 0.0751. The van der Waals surface area contributed by atoms with Gasteiger partial charge in [-0.25, -0.2) is 0 Å². The average Bonchev–Trinajstić information content (AvgIpc) is 3.20. The quantitative estimate of drug-likeness (QED) is 0.710. The lowest BCUT2D eigenvalue weighted by atomic mass is 10.2. The topological polar surface area (TPSA) is 58.7 Å². The van der Waals surface area contributed by atoms with Crippen molar-refractivity contribution in [2.45, 2.75) is 18.9 Å². The van der Waals surface area contributed by atoms with Crippen LogP contribution in [-0.2, 0) is 0 Å². The van der Waals surface area contributed by atoms with E-state index in [1.165, 1.54) is 12.8 Å². The molecule has 2 rings (SSSR count). The second-order valence-corrected chi connectivity index (χ2v) is 5.93. The third kappa shape index (κ3) is 4.74. The molecule has 20 heavy (non-hydrogen) atoms. The first-order valence-electron chi connectivity index (χ1n) is 6.94. The highest BCUT2D eigenvalue weighted by Gasteiger charge is 2.23. The standard InChI is InChI=1S/C15H22N2O2S/c1-17(8-11-6-7-11)9-12(18)10-19-14-5-3-2-4-13(14)15(16)20/h2-5,11-12,18H,6-10H2,1H3,(H2,16,20).